The molecule has 0 N–H and O–H groups in total. The highest BCUT2D eigenvalue weighted by molar-refractivity contribution is 14.1. The number of alkyl halides is 4. The molecule has 0 heterocycles. The Bertz CT molecular complexity index is 470. The van der Waals surface area contributed by atoms with Crippen molar-refractivity contribution >= 4 is 32.7 Å². The van der Waals surface area contributed by atoms with E-state index in [0.717, 1.165) is 0 Å². The molecule has 1 rings (SSSR count). The normalized spacial score (nSPS) is 12.5. The first-order valence-electron chi connectivity index (χ1n) is 3.92. The van der Waals surface area contributed by atoms with E-state index in [1.807, 2.05) is 22.6 Å². The Kier molecular flexibility index (Phi) is 4.05. The highest BCUT2D eigenvalue weighted by atomic mass is 127. The van der Waals surface area contributed by atoms with Crippen LogP contribution in [0.25, 0.3) is 0 Å². The number of hydrogen-bond donors (Lipinski definition) is 0. The lowest BCUT2D eigenvalue weighted by molar-refractivity contribution is -0.0500. The second kappa shape index (κ2) is 4.78. The van der Waals surface area contributed by atoms with E-state index in [4.69, 9.17) is 0 Å². The monoisotopic (exact) mass is 366 g/mol. The molecule has 0 fully saturated rings. The predicted octanol–water partition coefficient (Wildman–Crippen LogP) is 2.85. The molecule has 0 aliphatic rings. The maximum atomic E-state index is 12.0. The molecule has 0 amide bonds. The quantitative estimate of drug-likeness (QED) is 0.358. The smallest absolute Gasteiger partial charge is 0.376 e. The Morgan fingerprint density at radius 1 is 1.25 bits per heavy atom. The molecule has 0 saturated carbocycles. The summed E-state index contributed by atoms with van der Waals surface area (Å²) in [6, 6.07) is 5.66. The molecule has 1 aromatic rings. The Morgan fingerprint density at radius 2 is 1.81 bits per heavy atom. The van der Waals surface area contributed by atoms with E-state index in [-0.39, 0.29) is 5.75 Å². The standard InChI is InChI=1S/C8H6F3IO3S/c9-8(10,11)16(13,14)15-7-4-2-1-3-6(7)5-12/h1-4H,5H2. The molecule has 0 atom stereocenters. The summed E-state index contributed by atoms with van der Waals surface area (Å²) in [6.45, 7) is 0. The minimum atomic E-state index is -5.59. The molecule has 0 unspecified atom stereocenters. The van der Waals surface area contributed by atoms with E-state index in [9.17, 15) is 21.6 Å². The number of benzene rings is 1. The topological polar surface area (TPSA) is 43.4 Å². The Labute approximate surface area is 104 Å². The highest BCUT2D eigenvalue weighted by Crippen LogP contribution is 2.29. The van der Waals surface area contributed by atoms with Crippen LogP contribution in [0.3, 0.4) is 0 Å². The predicted molar refractivity (Wildman–Crippen MR) is 59.8 cm³/mol. The van der Waals surface area contributed by atoms with Gasteiger partial charge in [-0.1, -0.05) is 40.8 Å². The van der Waals surface area contributed by atoms with Crippen molar-refractivity contribution in [1.82, 2.24) is 0 Å². The van der Waals surface area contributed by atoms with Crippen molar-refractivity contribution in [1.29, 1.82) is 0 Å². The maximum Gasteiger partial charge on any atom is 0.534 e. The van der Waals surface area contributed by atoms with Crippen molar-refractivity contribution < 1.29 is 25.8 Å². The van der Waals surface area contributed by atoms with Crippen molar-refractivity contribution in [2.75, 3.05) is 0 Å². The molecule has 16 heavy (non-hydrogen) atoms. The molecule has 0 saturated heterocycles. The summed E-state index contributed by atoms with van der Waals surface area (Å²) in [6.07, 6.45) is 0. The molecular weight excluding hydrogens is 360 g/mol. The minimum Gasteiger partial charge on any atom is -0.376 e. The van der Waals surface area contributed by atoms with Crippen LogP contribution in [0.5, 0.6) is 5.75 Å². The summed E-state index contributed by atoms with van der Waals surface area (Å²) in [5, 5.41) is 0. The third-order valence-electron chi connectivity index (χ3n) is 1.60. The highest BCUT2D eigenvalue weighted by Gasteiger charge is 2.48. The third-order valence-corrected chi connectivity index (χ3v) is 3.39. The summed E-state index contributed by atoms with van der Waals surface area (Å²) >= 11 is 1.90. The minimum absolute atomic E-state index is 0.297. The summed E-state index contributed by atoms with van der Waals surface area (Å²) < 4.78 is 62.0. The Hall–Kier alpha value is -0.510. The number of rotatable bonds is 3. The molecule has 0 radical (unpaired) electrons. The van der Waals surface area contributed by atoms with E-state index < -0.39 is 15.6 Å². The molecule has 1 aromatic carbocycles. The molecule has 0 aliphatic heterocycles. The van der Waals surface area contributed by atoms with Crippen LogP contribution in [0.15, 0.2) is 24.3 Å². The average molecular weight is 366 g/mol. The second-order valence-electron chi connectivity index (χ2n) is 2.72. The molecule has 8 heteroatoms. The summed E-state index contributed by atoms with van der Waals surface area (Å²) in [5.74, 6) is -0.297. The Balaban J connectivity index is 3.06. The number of para-hydroxylation sites is 1. The zero-order valence-corrected chi connectivity index (χ0v) is 10.6. The SMILES string of the molecule is O=S(=O)(Oc1ccccc1CI)C(F)(F)F. The van der Waals surface area contributed by atoms with E-state index in [1.165, 1.54) is 18.2 Å². The van der Waals surface area contributed by atoms with Crippen molar-refractivity contribution in [3.05, 3.63) is 29.8 Å². The molecule has 0 bridgehead atoms. The lowest BCUT2D eigenvalue weighted by Crippen LogP contribution is -2.28. The van der Waals surface area contributed by atoms with Crippen LogP contribution in [-0.4, -0.2) is 13.9 Å². The first kappa shape index (κ1) is 13.6. The van der Waals surface area contributed by atoms with Gasteiger partial charge in [0.05, 0.1) is 0 Å². The zero-order valence-electron chi connectivity index (χ0n) is 7.66. The van der Waals surface area contributed by atoms with Crippen molar-refractivity contribution in [3.8, 4) is 5.75 Å². The fourth-order valence-electron chi connectivity index (χ4n) is 0.861. The van der Waals surface area contributed by atoms with Crippen LogP contribution < -0.4 is 4.18 Å². The molecule has 0 spiro atoms. The fourth-order valence-corrected chi connectivity index (χ4v) is 1.98. The third kappa shape index (κ3) is 3.00. The first-order valence-corrected chi connectivity index (χ1v) is 6.86. The van der Waals surface area contributed by atoms with E-state index in [2.05, 4.69) is 4.18 Å². The van der Waals surface area contributed by atoms with E-state index in [1.54, 1.807) is 6.07 Å². The van der Waals surface area contributed by atoms with Crippen LogP contribution in [-0.2, 0) is 14.5 Å². The summed E-state index contributed by atoms with van der Waals surface area (Å²) in [4.78, 5) is 0. The number of halogens is 4. The van der Waals surface area contributed by atoms with Gasteiger partial charge >= 0.3 is 15.6 Å². The van der Waals surface area contributed by atoms with Gasteiger partial charge in [0, 0.05) is 9.99 Å². The first-order chi connectivity index (χ1) is 7.28. The van der Waals surface area contributed by atoms with Crippen LogP contribution in [0, 0.1) is 0 Å². The average Bonchev–Trinajstić information content (AvgIpc) is 2.16. The zero-order chi connectivity index (χ0) is 12.4. The van der Waals surface area contributed by atoms with E-state index >= 15 is 0 Å². The fraction of sp³-hybridized carbons (Fsp3) is 0.250. The molecule has 0 aromatic heterocycles. The van der Waals surface area contributed by atoms with Crippen LogP contribution >= 0.6 is 22.6 Å². The molecular formula is C8H6F3IO3S. The van der Waals surface area contributed by atoms with Crippen LogP contribution in [0.1, 0.15) is 5.56 Å². The number of hydrogen-bond acceptors (Lipinski definition) is 3. The lowest BCUT2D eigenvalue weighted by Gasteiger charge is -2.11. The van der Waals surface area contributed by atoms with Gasteiger partial charge in [-0.25, -0.2) is 0 Å². The van der Waals surface area contributed by atoms with Gasteiger partial charge in [-0.05, 0) is 6.07 Å². The van der Waals surface area contributed by atoms with E-state index in [0.29, 0.717) is 9.99 Å². The van der Waals surface area contributed by atoms with Gasteiger partial charge in [-0.2, -0.15) is 21.6 Å². The van der Waals surface area contributed by atoms with Gasteiger partial charge in [0.15, 0.2) is 0 Å². The molecule has 0 aliphatic carbocycles. The second-order valence-corrected chi connectivity index (χ2v) is 5.03. The van der Waals surface area contributed by atoms with Gasteiger partial charge in [0.25, 0.3) is 0 Å². The van der Waals surface area contributed by atoms with Crippen molar-refractivity contribution in [3.63, 3.8) is 0 Å². The van der Waals surface area contributed by atoms with Crippen molar-refractivity contribution in [2.24, 2.45) is 0 Å². The summed E-state index contributed by atoms with van der Waals surface area (Å²) in [7, 11) is -5.59. The van der Waals surface area contributed by atoms with Gasteiger partial charge in [-0.15, -0.1) is 0 Å². The maximum absolute atomic E-state index is 12.0. The van der Waals surface area contributed by atoms with Gasteiger partial charge < -0.3 is 4.18 Å². The van der Waals surface area contributed by atoms with Gasteiger partial charge in [0.2, 0.25) is 0 Å². The Morgan fingerprint density at radius 3 is 2.31 bits per heavy atom. The van der Waals surface area contributed by atoms with Gasteiger partial charge in [-0.3, -0.25) is 0 Å². The largest absolute Gasteiger partial charge is 0.534 e. The molecule has 3 nitrogen and oxygen atoms in total. The summed E-state index contributed by atoms with van der Waals surface area (Å²) in [5.41, 5.74) is -5.03. The van der Waals surface area contributed by atoms with Gasteiger partial charge in [0.1, 0.15) is 5.75 Å². The van der Waals surface area contributed by atoms with Crippen molar-refractivity contribution in [2.45, 2.75) is 9.94 Å². The van der Waals surface area contributed by atoms with Crippen LogP contribution in [0.2, 0.25) is 0 Å². The van der Waals surface area contributed by atoms with Crippen LogP contribution in [0.4, 0.5) is 13.2 Å². The molecule has 90 valence electrons. The lowest BCUT2D eigenvalue weighted by atomic mass is 10.2.